The predicted octanol–water partition coefficient (Wildman–Crippen LogP) is 10.1. The van der Waals surface area contributed by atoms with Crippen molar-refractivity contribution in [2.75, 3.05) is 6.61 Å². The topological polar surface area (TPSA) is 78.9 Å². The number of hydrogen-bond acceptors (Lipinski definition) is 6. The van der Waals surface area contributed by atoms with Crippen molar-refractivity contribution in [3.8, 4) is 23.1 Å². The molecule has 7 nitrogen and oxygen atoms in total. The van der Waals surface area contributed by atoms with Gasteiger partial charge in [-0.05, 0) is 97.6 Å². The average molecular weight is 802 g/mol. The molecule has 0 spiro atoms. The number of nitrogens with zero attached hydrogens (tertiary/aromatic N) is 3. The molecule has 0 saturated heterocycles. The van der Waals surface area contributed by atoms with E-state index in [0.717, 1.165) is 26.2 Å². The summed E-state index contributed by atoms with van der Waals surface area (Å²) in [5.41, 5.74) is 2.61. The molecule has 0 fully saturated rings. The minimum absolute atomic E-state index is 0.280. The van der Waals surface area contributed by atoms with Crippen molar-refractivity contribution in [3.05, 3.63) is 132 Å². The lowest BCUT2D eigenvalue weighted by Gasteiger charge is -2.17. The monoisotopic (exact) mass is 799 g/mol. The van der Waals surface area contributed by atoms with Crippen LogP contribution in [0.15, 0.2) is 125 Å². The van der Waals surface area contributed by atoms with Crippen molar-refractivity contribution in [2.24, 2.45) is 5.10 Å². The minimum Gasteiger partial charge on any atom is -0.490 e. The van der Waals surface area contributed by atoms with Gasteiger partial charge in [-0.3, -0.25) is 4.79 Å². The smallest absolute Gasteiger partial charge is 0.282 e. The fraction of sp³-hybridized carbons (Fsp3) is 0.0833. The van der Waals surface area contributed by atoms with Crippen LogP contribution >= 0.6 is 47.8 Å². The fourth-order valence-corrected chi connectivity index (χ4v) is 6.61. The summed E-state index contributed by atoms with van der Waals surface area (Å²) in [4.78, 5) is 18.6. The molecule has 7 rings (SSSR count). The van der Waals surface area contributed by atoms with Gasteiger partial charge >= 0.3 is 0 Å². The first-order valence-electron chi connectivity index (χ1n) is 14.4. The molecule has 0 N–H and O–H groups in total. The zero-order valence-electron chi connectivity index (χ0n) is 24.3. The second kappa shape index (κ2) is 12.9. The van der Waals surface area contributed by atoms with Crippen LogP contribution < -0.4 is 15.0 Å². The average Bonchev–Trinajstić information content (AvgIpc) is 3.49. The lowest BCUT2D eigenvalue weighted by Crippen LogP contribution is -2.20. The van der Waals surface area contributed by atoms with Crippen LogP contribution in [0.3, 0.4) is 0 Å². The van der Waals surface area contributed by atoms with Crippen molar-refractivity contribution < 1.29 is 13.9 Å². The minimum atomic E-state index is -0.325. The molecule has 0 atom stereocenters. The number of fused-ring (bicyclic) bond motifs is 3. The number of ether oxygens (including phenoxy) is 2. The van der Waals surface area contributed by atoms with Gasteiger partial charge in [-0.15, -0.1) is 0 Å². The second-order valence-electron chi connectivity index (χ2n) is 10.4. The van der Waals surface area contributed by atoms with E-state index in [1.54, 1.807) is 24.4 Å². The van der Waals surface area contributed by atoms with Gasteiger partial charge in [-0.2, -0.15) is 9.78 Å². The van der Waals surface area contributed by atoms with Crippen LogP contribution in [-0.2, 0) is 6.61 Å². The third-order valence-corrected chi connectivity index (χ3v) is 10.1. The van der Waals surface area contributed by atoms with Crippen molar-refractivity contribution in [3.63, 3.8) is 0 Å². The number of halogens is 3. The maximum Gasteiger partial charge on any atom is 0.282 e. The van der Waals surface area contributed by atoms with Gasteiger partial charge in [0.25, 0.3) is 5.56 Å². The van der Waals surface area contributed by atoms with Crippen LogP contribution in [0.4, 0.5) is 0 Å². The maximum absolute atomic E-state index is 13.8. The van der Waals surface area contributed by atoms with Crippen LogP contribution in [0.2, 0.25) is 0 Å². The van der Waals surface area contributed by atoms with E-state index in [9.17, 15) is 4.79 Å². The number of para-hydroxylation sites is 1. The zero-order chi connectivity index (χ0) is 31.8. The molecule has 2 aromatic heterocycles. The molecule has 0 radical (unpaired) electrons. The van der Waals surface area contributed by atoms with E-state index >= 15 is 0 Å². The normalized spacial score (nSPS) is 11.7. The summed E-state index contributed by atoms with van der Waals surface area (Å²) in [7, 11) is 0. The van der Waals surface area contributed by atoms with Gasteiger partial charge in [0.15, 0.2) is 17.3 Å². The summed E-state index contributed by atoms with van der Waals surface area (Å²) < 4.78 is 22.0. The van der Waals surface area contributed by atoms with Gasteiger partial charge in [0.05, 0.1) is 28.2 Å². The Morgan fingerprint density at radius 3 is 2.48 bits per heavy atom. The van der Waals surface area contributed by atoms with E-state index < -0.39 is 0 Å². The molecule has 0 aliphatic heterocycles. The zero-order valence-corrected chi connectivity index (χ0v) is 29.1. The van der Waals surface area contributed by atoms with E-state index in [1.807, 2.05) is 61.5 Å². The Labute approximate surface area is 288 Å². The van der Waals surface area contributed by atoms with E-state index in [0.29, 0.717) is 61.5 Å². The summed E-state index contributed by atoms with van der Waals surface area (Å²) in [5.74, 6) is 1.78. The molecule has 0 unspecified atom stereocenters. The van der Waals surface area contributed by atoms with Gasteiger partial charge in [-0.25, -0.2) is 4.98 Å². The first kappa shape index (κ1) is 30.4. The van der Waals surface area contributed by atoms with Crippen LogP contribution in [0.1, 0.15) is 18.1 Å². The molecule has 10 heteroatoms. The quantitative estimate of drug-likeness (QED) is 0.143. The highest BCUT2D eigenvalue weighted by Crippen LogP contribution is 2.43. The molecule has 228 valence electrons. The van der Waals surface area contributed by atoms with E-state index in [2.05, 4.69) is 77.2 Å². The molecule has 0 bridgehead atoms. The lowest BCUT2D eigenvalue weighted by atomic mass is 10.1. The largest absolute Gasteiger partial charge is 0.490 e. The lowest BCUT2D eigenvalue weighted by molar-refractivity contribution is 0.268. The third kappa shape index (κ3) is 5.77. The Morgan fingerprint density at radius 2 is 1.63 bits per heavy atom. The van der Waals surface area contributed by atoms with Gasteiger partial charge in [0.1, 0.15) is 12.2 Å². The maximum atomic E-state index is 13.8. The first-order valence-corrected chi connectivity index (χ1v) is 16.8. The first-order chi connectivity index (χ1) is 22.4. The molecule has 0 saturated carbocycles. The number of benzene rings is 5. The summed E-state index contributed by atoms with van der Waals surface area (Å²) in [5, 5.41) is 8.24. The second-order valence-corrected chi connectivity index (χ2v) is 12.9. The summed E-state index contributed by atoms with van der Waals surface area (Å²) in [6.07, 6.45) is 1.59. The Kier molecular flexibility index (Phi) is 8.50. The Hall–Kier alpha value is -4.25. The summed E-state index contributed by atoms with van der Waals surface area (Å²) >= 11 is 10.9. The molecular formula is C36H24Br3N3O4. The van der Waals surface area contributed by atoms with Gasteiger partial charge in [-0.1, -0.05) is 70.5 Å². The highest BCUT2D eigenvalue weighted by Gasteiger charge is 2.20. The van der Waals surface area contributed by atoms with Crippen molar-refractivity contribution >= 4 is 86.6 Å². The van der Waals surface area contributed by atoms with Gasteiger partial charge in [0.2, 0.25) is 5.82 Å². The predicted molar refractivity (Wildman–Crippen MR) is 193 cm³/mol. The molecule has 2 heterocycles. The molecule has 0 aliphatic carbocycles. The molecule has 5 aromatic carbocycles. The SMILES string of the molecule is CCOc1cc(C=Nn2c(-c3cc4cc(Br)ccc4o3)nc3ccccc3c2=O)c(Br)c(Br)c1OCc1cccc2ccccc12. The van der Waals surface area contributed by atoms with Crippen LogP contribution in [0.25, 0.3) is 44.2 Å². The Balaban J connectivity index is 1.30. The van der Waals surface area contributed by atoms with Gasteiger partial charge in [0, 0.05) is 19.9 Å². The Morgan fingerprint density at radius 1 is 0.848 bits per heavy atom. The molecule has 0 aliphatic rings. The number of hydrogen-bond donors (Lipinski definition) is 0. The highest BCUT2D eigenvalue weighted by atomic mass is 79.9. The van der Waals surface area contributed by atoms with Crippen molar-refractivity contribution in [1.82, 2.24) is 9.66 Å². The number of rotatable bonds is 8. The van der Waals surface area contributed by atoms with Crippen molar-refractivity contribution in [1.29, 1.82) is 0 Å². The van der Waals surface area contributed by atoms with Crippen molar-refractivity contribution in [2.45, 2.75) is 13.5 Å². The molecule has 46 heavy (non-hydrogen) atoms. The van der Waals surface area contributed by atoms with E-state index in [4.69, 9.17) is 18.9 Å². The van der Waals surface area contributed by atoms with Crippen LogP contribution in [-0.4, -0.2) is 22.5 Å². The number of furan rings is 1. The number of aromatic nitrogens is 2. The summed E-state index contributed by atoms with van der Waals surface area (Å²) in [6, 6.07) is 31.0. The fourth-order valence-electron chi connectivity index (χ4n) is 5.30. The third-order valence-electron chi connectivity index (χ3n) is 7.47. The van der Waals surface area contributed by atoms with E-state index in [-0.39, 0.29) is 11.4 Å². The van der Waals surface area contributed by atoms with Crippen LogP contribution in [0.5, 0.6) is 11.5 Å². The molecular weight excluding hydrogens is 778 g/mol. The van der Waals surface area contributed by atoms with Gasteiger partial charge < -0.3 is 13.9 Å². The van der Waals surface area contributed by atoms with Crippen LogP contribution in [0, 0.1) is 0 Å². The Bertz CT molecular complexity index is 2360. The summed E-state index contributed by atoms with van der Waals surface area (Å²) in [6.45, 7) is 2.68. The molecule has 7 aromatic rings. The standard InChI is InChI=1S/C36H24Br3N3O4/c1-2-44-30-18-24(32(38)33(39)34(30)45-20-22-10-7-9-21-8-3-4-11-26(21)22)19-40-42-35(41-28-13-6-5-12-27(28)36(42)43)31-17-23-16-25(37)14-15-29(23)46-31/h3-19H,2,20H2,1H3. The van der Waals surface area contributed by atoms with E-state index in [1.165, 1.54) is 4.68 Å². The highest BCUT2D eigenvalue weighted by molar-refractivity contribution is 9.13. The molecule has 0 amide bonds.